The van der Waals surface area contributed by atoms with Gasteiger partial charge in [0.1, 0.15) is 0 Å². The summed E-state index contributed by atoms with van der Waals surface area (Å²) in [6, 6.07) is 6.47. The maximum Gasteiger partial charge on any atom is 0.434 e. The molecule has 2 aromatic rings. The van der Waals surface area contributed by atoms with E-state index in [1.165, 1.54) is 11.0 Å². The van der Waals surface area contributed by atoms with Gasteiger partial charge in [0.05, 0.1) is 17.4 Å². The highest BCUT2D eigenvalue weighted by atomic mass is 19.4. The summed E-state index contributed by atoms with van der Waals surface area (Å²) in [5.74, 6) is -0.666. The number of carbonyl (C=O) groups excluding carboxylic acids is 1. The zero-order valence-electron chi connectivity index (χ0n) is 15.5. The Morgan fingerprint density at radius 2 is 2.04 bits per heavy atom. The molecule has 8 heteroatoms. The molecular formula is C19H23F3N4O. The van der Waals surface area contributed by atoms with Crippen molar-refractivity contribution in [1.29, 1.82) is 0 Å². The first-order valence-corrected chi connectivity index (χ1v) is 8.78. The highest BCUT2D eigenvalue weighted by Gasteiger charge is 2.43. The van der Waals surface area contributed by atoms with Gasteiger partial charge in [0.15, 0.2) is 5.69 Å². The van der Waals surface area contributed by atoms with Gasteiger partial charge in [0, 0.05) is 19.1 Å². The number of nitrogens with zero attached hydrogens (tertiary/aromatic N) is 3. The van der Waals surface area contributed by atoms with Crippen LogP contribution < -0.4 is 5.73 Å². The minimum Gasteiger partial charge on any atom is -0.338 e. The number of hydrogen-bond acceptors (Lipinski definition) is 3. The molecule has 1 amide bonds. The third kappa shape index (κ3) is 3.71. The van der Waals surface area contributed by atoms with E-state index in [9.17, 15) is 18.0 Å². The second-order valence-electron chi connectivity index (χ2n) is 7.77. The van der Waals surface area contributed by atoms with Crippen molar-refractivity contribution >= 4 is 5.91 Å². The standard InChI is InChI=1S/C19H23F3N4O/c1-12-5-4-6-13(9-12)26-16(19(20,21)22)14(10-24-26)17(27)25-8-7-15(23)18(2,3)11-25/h4-6,9-10,15H,7-8,11,23H2,1-3H3. The number of alkyl halides is 3. The number of rotatable bonds is 2. The average molecular weight is 380 g/mol. The number of aryl methyl sites for hydroxylation is 1. The molecule has 1 unspecified atom stereocenters. The van der Waals surface area contributed by atoms with Gasteiger partial charge in [-0.25, -0.2) is 4.68 Å². The van der Waals surface area contributed by atoms with Crippen molar-refractivity contribution in [3.63, 3.8) is 0 Å². The predicted molar refractivity (Wildman–Crippen MR) is 95.6 cm³/mol. The second kappa shape index (κ2) is 6.67. The van der Waals surface area contributed by atoms with E-state index in [4.69, 9.17) is 5.73 Å². The zero-order chi connectivity index (χ0) is 20.0. The summed E-state index contributed by atoms with van der Waals surface area (Å²) < 4.78 is 42.2. The van der Waals surface area contributed by atoms with E-state index < -0.39 is 23.3 Å². The molecule has 2 N–H and O–H groups in total. The van der Waals surface area contributed by atoms with E-state index in [1.807, 2.05) is 13.8 Å². The molecule has 1 aliphatic heterocycles. The van der Waals surface area contributed by atoms with Crippen molar-refractivity contribution < 1.29 is 18.0 Å². The monoisotopic (exact) mass is 380 g/mol. The SMILES string of the molecule is Cc1cccc(-n2ncc(C(=O)N3CCC(N)C(C)(C)C3)c2C(F)(F)F)c1. The Hall–Kier alpha value is -2.35. The van der Waals surface area contributed by atoms with Gasteiger partial charge in [-0.2, -0.15) is 18.3 Å². The van der Waals surface area contributed by atoms with Gasteiger partial charge in [-0.05, 0) is 36.5 Å². The third-order valence-electron chi connectivity index (χ3n) is 5.11. The molecule has 1 fully saturated rings. The van der Waals surface area contributed by atoms with Crippen molar-refractivity contribution in [2.24, 2.45) is 11.1 Å². The lowest BCUT2D eigenvalue weighted by Gasteiger charge is -2.42. The Balaban J connectivity index is 2.03. The lowest BCUT2D eigenvalue weighted by Crippen LogP contribution is -2.54. The molecule has 2 heterocycles. The van der Waals surface area contributed by atoms with Gasteiger partial charge in [0.2, 0.25) is 0 Å². The van der Waals surface area contributed by atoms with Crippen LogP contribution in [-0.2, 0) is 6.18 Å². The number of aromatic nitrogens is 2. The van der Waals surface area contributed by atoms with E-state index in [-0.39, 0.29) is 17.1 Å². The molecule has 1 saturated heterocycles. The third-order valence-corrected chi connectivity index (χ3v) is 5.11. The molecule has 1 aromatic heterocycles. The number of halogens is 3. The number of benzene rings is 1. The van der Waals surface area contributed by atoms with Crippen LogP contribution >= 0.6 is 0 Å². The average Bonchev–Trinajstić information content (AvgIpc) is 3.02. The molecule has 27 heavy (non-hydrogen) atoms. The summed E-state index contributed by atoms with van der Waals surface area (Å²) in [5.41, 5.74) is 5.29. The van der Waals surface area contributed by atoms with Crippen molar-refractivity contribution in [3.8, 4) is 5.69 Å². The summed E-state index contributed by atoms with van der Waals surface area (Å²) >= 11 is 0. The Bertz CT molecular complexity index is 857. The molecule has 1 aromatic carbocycles. The number of likely N-dealkylation sites (tertiary alicyclic amines) is 1. The van der Waals surface area contributed by atoms with Crippen molar-refractivity contribution in [3.05, 3.63) is 47.3 Å². The van der Waals surface area contributed by atoms with Gasteiger partial charge in [0.25, 0.3) is 5.91 Å². The first kappa shape index (κ1) is 19.4. The summed E-state index contributed by atoms with van der Waals surface area (Å²) in [6.45, 7) is 6.25. The molecule has 0 aliphatic carbocycles. The van der Waals surface area contributed by atoms with E-state index in [2.05, 4.69) is 5.10 Å². The van der Waals surface area contributed by atoms with Crippen LogP contribution in [0.25, 0.3) is 5.69 Å². The Kier molecular flexibility index (Phi) is 4.80. The molecule has 0 saturated carbocycles. The fraction of sp³-hybridized carbons (Fsp3) is 0.474. The van der Waals surface area contributed by atoms with Crippen LogP contribution in [0.1, 0.15) is 41.9 Å². The molecule has 0 bridgehead atoms. The number of hydrogen-bond donors (Lipinski definition) is 1. The molecule has 0 spiro atoms. The minimum absolute atomic E-state index is 0.0985. The van der Waals surface area contributed by atoms with E-state index >= 15 is 0 Å². The second-order valence-corrected chi connectivity index (χ2v) is 7.77. The van der Waals surface area contributed by atoms with Crippen LogP contribution in [0.4, 0.5) is 13.2 Å². The van der Waals surface area contributed by atoms with Gasteiger partial charge in [-0.1, -0.05) is 26.0 Å². The lowest BCUT2D eigenvalue weighted by molar-refractivity contribution is -0.143. The van der Waals surface area contributed by atoms with Crippen LogP contribution in [0, 0.1) is 12.3 Å². The Morgan fingerprint density at radius 1 is 1.33 bits per heavy atom. The van der Waals surface area contributed by atoms with E-state index in [1.54, 1.807) is 25.1 Å². The van der Waals surface area contributed by atoms with Crippen molar-refractivity contribution in [2.75, 3.05) is 13.1 Å². The topological polar surface area (TPSA) is 64.2 Å². The van der Waals surface area contributed by atoms with Gasteiger partial charge < -0.3 is 10.6 Å². The highest BCUT2D eigenvalue weighted by Crippen LogP contribution is 2.35. The fourth-order valence-corrected chi connectivity index (χ4v) is 3.45. The summed E-state index contributed by atoms with van der Waals surface area (Å²) in [6.07, 6.45) is -3.16. The van der Waals surface area contributed by atoms with Crippen molar-refractivity contribution in [1.82, 2.24) is 14.7 Å². The van der Waals surface area contributed by atoms with Gasteiger partial charge in [-0.3, -0.25) is 4.79 Å². The quantitative estimate of drug-likeness (QED) is 0.869. The molecule has 1 atom stereocenters. The molecule has 0 radical (unpaired) electrons. The lowest BCUT2D eigenvalue weighted by atomic mass is 9.79. The zero-order valence-corrected chi connectivity index (χ0v) is 15.5. The minimum atomic E-state index is -4.72. The Morgan fingerprint density at radius 3 is 2.63 bits per heavy atom. The highest BCUT2D eigenvalue weighted by molar-refractivity contribution is 5.95. The molecule has 146 valence electrons. The number of nitrogens with two attached hydrogens (primary N) is 1. The van der Waals surface area contributed by atoms with Crippen LogP contribution in [0.2, 0.25) is 0 Å². The molecule has 5 nitrogen and oxygen atoms in total. The van der Waals surface area contributed by atoms with E-state index in [0.29, 0.717) is 19.5 Å². The first-order chi connectivity index (χ1) is 12.5. The normalized spacial score (nSPS) is 20.0. The number of piperidine rings is 1. The Labute approximate surface area is 155 Å². The summed E-state index contributed by atoms with van der Waals surface area (Å²) in [4.78, 5) is 14.3. The van der Waals surface area contributed by atoms with Gasteiger partial charge >= 0.3 is 6.18 Å². The van der Waals surface area contributed by atoms with Gasteiger partial charge in [-0.15, -0.1) is 0 Å². The fourth-order valence-electron chi connectivity index (χ4n) is 3.45. The maximum atomic E-state index is 13.8. The van der Waals surface area contributed by atoms with Crippen LogP contribution in [0.5, 0.6) is 0 Å². The molecule has 1 aliphatic rings. The van der Waals surface area contributed by atoms with Crippen LogP contribution in [0.3, 0.4) is 0 Å². The number of amides is 1. The predicted octanol–water partition coefficient (Wildman–Crippen LogP) is 3.40. The van der Waals surface area contributed by atoms with Crippen LogP contribution in [-0.4, -0.2) is 39.7 Å². The first-order valence-electron chi connectivity index (χ1n) is 8.78. The van der Waals surface area contributed by atoms with Crippen LogP contribution in [0.15, 0.2) is 30.5 Å². The number of carbonyl (C=O) groups is 1. The summed E-state index contributed by atoms with van der Waals surface area (Å²) in [7, 11) is 0. The van der Waals surface area contributed by atoms with E-state index in [0.717, 1.165) is 16.4 Å². The largest absolute Gasteiger partial charge is 0.434 e. The smallest absolute Gasteiger partial charge is 0.338 e. The molecule has 3 rings (SSSR count). The maximum absolute atomic E-state index is 13.8. The molecular weight excluding hydrogens is 357 g/mol. The van der Waals surface area contributed by atoms with Crippen molar-refractivity contribution in [2.45, 2.75) is 39.4 Å². The summed E-state index contributed by atoms with van der Waals surface area (Å²) in [5, 5.41) is 3.89.